The fourth-order valence-corrected chi connectivity index (χ4v) is 6.11. The van der Waals surface area contributed by atoms with Crippen LogP contribution in [0.25, 0.3) is 5.69 Å². The molecule has 0 radical (unpaired) electrons. The second-order valence-electron chi connectivity index (χ2n) is 10.8. The lowest BCUT2D eigenvalue weighted by molar-refractivity contribution is 0.0909. The van der Waals surface area contributed by atoms with Crippen LogP contribution in [0.5, 0.6) is 0 Å². The van der Waals surface area contributed by atoms with E-state index < -0.39 is 11.7 Å². The van der Waals surface area contributed by atoms with Crippen molar-refractivity contribution in [1.29, 1.82) is 0 Å². The van der Waals surface area contributed by atoms with Crippen molar-refractivity contribution in [1.82, 2.24) is 4.57 Å². The van der Waals surface area contributed by atoms with Gasteiger partial charge in [0.2, 0.25) is 0 Å². The number of primary amides is 1. The molecule has 1 amide bonds. The average Bonchev–Trinajstić information content (AvgIpc) is 3.28. The Morgan fingerprint density at radius 1 is 1.12 bits per heavy atom. The SMILES string of the molecule is CC1(C)CC(=O)c2c3c(n(-c4cc(F)c(C(N)=O)c(NC5CCC(N)CC5)c4)c2C1)CCC3. The maximum Gasteiger partial charge on any atom is 0.253 e. The first-order valence-electron chi connectivity index (χ1n) is 12.1. The molecule has 176 valence electrons. The third-order valence-electron chi connectivity index (χ3n) is 7.59. The van der Waals surface area contributed by atoms with Crippen LogP contribution in [0.1, 0.15) is 90.0 Å². The van der Waals surface area contributed by atoms with Gasteiger partial charge < -0.3 is 21.4 Å². The van der Waals surface area contributed by atoms with E-state index in [1.165, 1.54) is 6.07 Å². The Balaban J connectivity index is 1.64. The number of ketones is 1. The minimum absolute atomic E-state index is 0.109. The Labute approximate surface area is 193 Å². The average molecular weight is 453 g/mol. The highest BCUT2D eigenvalue weighted by Gasteiger charge is 2.39. The van der Waals surface area contributed by atoms with Gasteiger partial charge in [0, 0.05) is 35.5 Å². The molecule has 0 bridgehead atoms. The molecule has 1 heterocycles. The first-order valence-corrected chi connectivity index (χ1v) is 12.1. The van der Waals surface area contributed by atoms with E-state index in [9.17, 15) is 9.59 Å². The van der Waals surface area contributed by atoms with E-state index in [-0.39, 0.29) is 28.8 Å². The maximum atomic E-state index is 15.3. The zero-order valence-corrected chi connectivity index (χ0v) is 19.5. The number of Topliss-reactive ketones (excluding diaryl/α,β-unsaturated/α-hetero) is 1. The lowest BCUT2D eigenvalue weighted by Crippen LogP contribution is -2.33. The van der Waals surface area contributed by atoms with Crippen molar-refractivity contribution in [2.24, 2.45) is 16.9 Å². The molecule has 1 aromatic carbocycles. The van der Waals surface area contributed by atoms with Crippen LogP contribution in [0.2, 0.25) is 0 Å². The molecule has 7 heteroatoms. The number of fused-ring (bicyclic) bond motifs is 3. The van der Waals surface area contributed by atoms with Crippen LogP contribution in [0.4, 0.5) is 10.1 Å². The first-order chi connectivity index (χ1) is 15.6. The van der Waals surface area contributed by atoms with Crippen LogP contribution in [0, 0.1) is 11.2 Å². The number of carbonyl (C=O) groups excluding carboxylic acids is 2. The molecule has 0 aliphatic heterocycles. The number of aromatic nitrogens is 1. The van der Waals surface area contributed by atoms with Crippen molar-refractivity contribution in [3.63, 3.8) is 0 Å². The number of amides is 1. The lowest BCUT2D eigenvalue weighted by Gasteiger charge is -2.31. The smallest absolute Gasteiger partial charge is 0.253 e. The second-order valence-corrected chi connectivity index (χ2v) is 10.8. The van der Waals surface area contributed by atoms with Gasteiger partial charge in [0.1, 0.15) is 5.82 Å². The molecule has 2 aromatic rings. The summed E-state index contributed by atoms with van der Waals surface area (Å²) in [6.45, 7) is 4.21. The number of nitrogens with two attached hydrogens (primary N) is 2. The zero-order chi connectivity index (χ0) is 23.5. The maximum absolute atomic E-state index is 15.3. The van der Waals surface area contributed by atoms with Gasteiger partial charge in [0.05, 0.1) is 16.9 Å². The highest BCUT2D eigenvalue weighted by molar-refractivity contribution is 6.01. The summed E-state index contributed by atoms with van der Waals surface area (Å²) in [4.78, 5) is 25.3. The van der Waals surface area contributed by atoms with E-state index in [4.69, 9.17) is 11.5 Å². The van der Waals surface area contributed by atoms with E-state index >= 15 is 4.39 Å². The molecule has 6 nitrogen and oxygen atoms in total. The number of halogens is 1. The van der Waals surface area contributed by atoms with Gasteiger partial charge in [-0.25, -0.2) is 4.39 Å². The topological polar surface area (TPSA) is 103 Å². The molecule has 3 aliphatic rings. The molecule has 0 atom stereocenters. The quantitative estimate of drug-likeness (QED) is 0.651. The molecular weight excluding hydrogens is 419 g/mol. The number of nitrogens with zero attached hydrogens (tertiary/aromatic N) is 1. The van der Waals surface area contributed by atoms with Crippen molar-refractivity contribution in [2.45, 2.75) is 83.7 Å². The summed E-state index contributed by atoms with van der Waals surface area (Å²) in [5.41, 5.74) is 16.5. The van der Waals surface area contributed by atoms with Crippen molar-refractivity contribution in [3.05, 3.63) is 46.0 Å². The van der Waals surface area contributed by atoms with Crippen LogP contribution in [-0.4, -0.2) is 28.3 Å². The molecule has 3 aliphatic carbocycles. The van der Waals surface area contributed by atoms with Gasteiger partial charge in [0.15, 0.2) is 5.78 Å². The number of nitrogens with one attached hydrogen (secondary N) is 1. The molecular formula is C26H33FN4O2. The van der Waals surface area contributed by atoms with Gasteiger partial charge >= 0.3 is 0 Å². The van der Waals surface area contributed by atoms with Crippen molar-refractivity contribution in [3.8, 4) is 5.69 Å². The van der Waals surface area contributed by atoms with Crippen molar-refractivity contribution in [2.75, 3.05) is 5.32 Å². The Bertz CT molecular complexity index is 1140. The predicted octanol–water partition coefficient (Wildman–Crippen LogP) is 4.04. The van der Waals surface area contributed by atoms with E-state index in [1.807, 2.05) is 6.07 Å². The third-order valence-corrected chi connectivity index (χ3v) is 7.59. The zero-order valence-electron chi connectivity index (χ0n) is 19.5. The van der Waals surface area contributed by atoms with Gasteiger partial charge in [-0.1, -0.05) is 13.8 Å². The Kier molecular flexibility index (Phi) is 5.35. The third kappa shape index (κ3) is 3.86. The number of benzene rings is 1. The van der Waals surface area contributed by atoms with Crippen molar-refractivity contribution >= 4 is 17.4 Å². The van der Waals surface area contributed by atoms with Crippen molar-refractivity contribution < 1.29 is 14.0 Å². The van der Waals surface area contributed by atoms with E-state index in [0.29, 0.717) is 17.8 Å². The summed E-state index contributed by atoms with van der Waals surface area (Å²) in [6, 6.07) is 3.54. The molecule has 1 saturated carbocycles. The summed E-state index contributed by atoms with van der Waals surface area (Å²) in [5.74, 6) is -1.24. The Hall–Kier alpha value is -2.67. The van der Waals surface area contributed by atoms with Crippen LogP contribution in [-0.2, 0) is 19.3 Å². The Morgan fingerprint density at radius 3 is 2.55 bits per heavy atom. The van der Waals surface area contributed by atoms with E-state index in [0.717, 1.165) is 73.9 Å². The number of carbonyl (C=O) groups is 2. The number of anilines is 1. The summed E-state index contributed by atoms with van der Waals surface area (Å²) in [7, 11) is 0. The number of rotatable bonds is 4. The fraction of sp³-hybridized carbons (Fsp3) is 0.538. The van der Waals surface area contributed by atoms with E-state index in [2.05, 4.69) is 23.7 Å². The highest BCUT2D eigenvalue weighted by Crippen LogP contribution is 2.43. The van der Waals surface area contributed by atoms with E-state index in [1.54, 1.807) is 0 Å². The Morgan fingerprint density at radius 2 is 1.85 bits per heavy atom. The summed E-state index contributed by atoms with van der Waals surface area (Å²) >= 11 is 0. The largest absolute Gasteiger partial charge is 0.382 e. The van der Waals surface area contributed by atoms with Crippen LogP contribution < -0.4 is 16.8 Å². The van der Waals surface area contributed by atoms with Gasteiger partial charge in [0.25, 0.3) is 5.91 Å². The van der Waals surface area contributed by atoms with Gasteiger partial charge in [-0.2, -0.15) is 0 Å². The molecule has 0 saturated heterocycles. The minimum atomic E-state index is -0.787. The summed E-state index contributed by atoms with van der Waals surface area (Å²) in [5, 5.41) is 3.39. The number of hydrogen-bond donors (Lipinski definition) is 3. The molecule has 5 N–H and O–H groups in total. The molecule has 5 rings (SSSR count). The summed E-state index contributed by atoms with van der Waals surface area (Å²) < 4.78 is 17.4. The molecule has 0 unspecified atom stereocenters. The van der Waals surface area contributed by atoms with Gasteiger partial charge in [-0.05, 0) is 74.5 Å². The molecule has 1 aromatic heterocycles. The monoisotopic (exact) mass is 452 g/mol. The predicted molar refractivity (Wildman–Crippen MR) is 127 cm³/mol. The van der Waals surface area contributed by atoms with Gasteiger partial charge in [-0.3, -0.25) is 9.59 Å². The van der Waals surface area contributed by atoms with Gasteiger partial charge in [-0.15, -0.1) is 0 Å². The molecule has 33 heavy (non-hydrogen) atoms. The van der Waals surface area contributed by atoms with Crippen LogP contribution in [0.3, 0.4) is 0 Å². The second kappa shape index (κ2) is 7.97. The fourth-order valence-electron chi connectivity index (χ4n) is 6.11. The van der Waals surface area contributed by atoms with Crippen LogP contribution in [0.15, 0.2) is 12.1 Å². The highest BCUT2D eigenvalue weighted by atomic mass is 19.1. The molecule has 1 fully saturated rings. The lowest BCUT2D eigenvalue weighted by atomic mass is 9.75. The number of hydrogen-bond acceptors (Lipinski definition) is 4. The standard InChI is InChI=1S/C26H33FN4O2/c1-26(2)12-21-23(22(32)13-26)17-4-3-5-20(17)31(21)16-10-18(27)24(25(29)33)19(11-16)30-15-8-6-14(28)7-9-15/h10-11,14-15,30H,3-9,12-13,28H2,1-2H3,(H2,29,33). The normalized spacial score (nSPS) is 23.8. The summed E-state index contributed by atoms with van der Waals surface area (Å²) in [6.07, 6.45) is 7.52. The van der Waals surface area contributed by atoms with Crippen LogP contribution >= 0.6 is 0 Å². The minimum Gasteiger partial charge on any atom is -0.382 e. The first kappa shape index (κ1) is 22.1. The molecule has 0 spiro atoms.